The maximum absolute atomic E-state index is 6.20. The highest BCUT2D eigenvalue weighted by molar-refractivity contribution is 7.71. The third-order valence-electron chi connectivity index (χ3n) is 4.14. The van der Waals surface area contributed by atoms with Gasteiger partial charge in [-0.3, -0.25) is 5.10 Å². The first kappa shape index (κ1) is 21.4. The number of aromatic amines is 1. The molecule has 3 rings (SSSR count). The summed E-state index contributed by atoms with van der Waals surface area (Å²) < 4.78 is 13.4. The molecule has 0 fully saturated rings. The first-order valence-electron chi connectivity index (χ1n) is 8.86. The summed E-state index contributed by atoms with van der Waals surface area (Å²) in [6.07, 6.45) is 1.69. The predicted octanol–water partition coefficient (Wildman–Crippen LogP) is 5.84. The molecule has 6 nitrogen and oxygen atoms in total. The Balaban J connectivity index is 1.81. The average molecular weight is 451 g/mol. The van der Waals surface area contributed by atoms with Crippen molar-refractivity contribution in [2.75, 3.05) is 7.11 Å². The van der Waals surface area contributed by atoms with Gasteiger partial charge in [0.05, 0.1) is 13.3 Å². The number of halogens is 2. The maximum atomic E-state index is 6.20. The van der Waals surface area contributed by atoms with E-state index in [4.69, 9.17) is 44.9 Å². The van der Waals surface area contributed by atoms with Crippen LogP contribution in [0.25, 0.3) is 0 Å². The van der Waals surface area contributed by atoms with Crippen LogP contribution in [-0.4, -0.2) is 28.2 Å². The van der Waals surface area contributed by atoms with Gasteiger partial charge < -0.3 is 9.47 Å². The Hall–Kier alpha value is -2.35. The Kier molecular flexibility index (Phi) is 6.95. The summed E-state index contributed by atoms with van der Waals surface area (Å²) in [5.74, 6) is 2.08. The number of benzene rings is 2. The van der Waals surface area contributed by atoms with E-state index in [1.54, 1.807) is 36.2 Å². The molecular weight excluding hydrogens is 431 g/mol. The second-order valence-electron chi connectivity index (χ2n) is 6.50. The average Bonchev–Trinajstić information content (AvgIpc) is 3.07. The molecule has 29 heavy (non-hydrogen) atoms. The first-order valence-corrected chi connectivity index (χ1v) is 10.0. The fourth-order valence-electron chi connectivity index (χ4n) is 2.62. The van der Waals surface area contributed by atoms with Crippen LogP contribution in [0.3, 0.4) is 0 Å². The minimum absolute atomic E-state index is 0.182. The lowest BCUT2D eigenvalue weighted by Crippen LogP contribution is -2.02. The quantitative estimate of drug-likeness (QED) is 0.362. The molecule has 0 saturated heterocycles. The Morgan fingerprint density at radius 1 is 1.21 bits per heavy atom. The molecule has 0 atom stereocenters. The number of rotatable bonds is 7. The number of ether oxygens (including phenoxy) is 2. The molecule has 0 saturated carbocycles. The summed E-state index contributed by atoms with van der Waals surface area (Å²) in [7, 11) is 1.58. The van der Waals surface area contributed by atoms with Gasteiger partial charge in [-0.25, -0.2) is 0 Å². The normalized spacial score (nSPS) is 11.4. The lowest BCUT2D eigenvalue weighted by atomic mass is 10.2. The maximum Gasteiger partial charge on any atom is 0.216 e. The molecule has 0 unspecified atom stereocenters. The van der Waals surface area contributed by atoms with Gasteiger partial charge in [0.15, 0.2) is 17.3 Å². The van der Waals surface area contributed by atoms with Crippen molar-refractivity contribution in [3.05, 3.63) is 68.2 Å². The van der Waals surface area contributed by atoms with Crippen molar-refractivity contribution in [2.24, 2.45) is 5.10 Å². The topological polar surface area (TPSA) is 64.4 Å². The summed E-state index contributed by atoms with van der Waals surface area (Å²) in [6, 6.07) is 10.8. The molecule has 0 spiro atoms. The van der Waals surface area contributed by atoms with Crippen molar-refractivity contribution in [1.82, 2.24) is 14.9 Å². The van der Waals surface area contributed by atoms with Gasteiger partial charge in [-0.05, 0) is 48.1 Å². The van der Waals surface area contributed by atoms with Gasteiger partial charge in [-0.15, -0.1) is 0 Å². The number of H-pyrrole nitrogens is 1. The van der Waals surface area contributed by atoms with E-state index in [9.17, 15) is 0 Å². The summed E-state index contributed by atoms with van der Waals surface area (Å²) >= 11 is 17.6. The molecule has 1 aromatic heterocycles. The number of aromatic nitrogens is 3. The molecule has 0 amide bonds. The van der Waals surface area contributed by atoms with E-state index in [0.717, 1.165) is 17.0 Å². The molecule has 9 heteroatoms. The molecule has 1 N–H and O–H groups in total. The molecule has 152 valence electrons. The highest BCUT2D eigenvalue weighted by Crippen LogP contribution is 2.31. The Bertz CT molecular complexity index is 1070. The van der Waals surface area contributed by atoms with Crippen LogP contribution in [0.4, 0.5) is 0 Å². The molecular formula is C20H20Cl2N4O2S. The van der Waals surface area contributed by atoms with E-state index < -0.39 is 0 Å². The number of methoxy groups -OCH3 is 1. The van der Waals surface area contributed by atoms with Gasteiger partial charge in [0, 0.05) is 21.5 Å². The van der Waals surface area contributed by atoms with E-state index in [2.05, 4.69) is 15.3 Å². The van der Waals surface area contributed by atoms with E-state index in [-0.39, 0.29) is 12.5 Å². The summed E-state index contributed by atoms with van der Waals surface area (Å²) in [6.45, 7) is 4.28. The molecule has 0 aliphatic heterocycles. The second kappa shape index (κ2) is 9.43. The number of hydrogen-bond acceptors (Lipinski definition) is 5. The zero-order valence-electron chi connectivity index (χ0n) is 16.1. The Morgan fingerprint density at radius 2 is 1.93 bits per heavy atom. The van der Waals surface area contributed by atoms with Crippen LogP contribution < -0.4 is 9.47 Å². The van der Waals surface area contributed by atoms with Crippen molar-refractivity contribution in [3.63, 3.8) is 0 Å². The number of hydrogen-bond donors (Lipinski definition) is 1. The molecule has 0 radical (unpaired) electrons. The van der Waals surface area contributed by atoms with Gasteiger partial charge in [-0.1, -0.05) is 43.1 Å². The largest absolute Gasteiger partial charge is 0.493 e. The standard InChI is InChI=1S/C20H20Cl2N4O2S/c1-12(2)19-24-25-20(29)26(19)23-10-13-7-8-17(18(9-13)27-3)28-11-14-15(21)5-4-6-16(14)22/h4-10,12H,11H2,1-3H3,(H,25,29)/b23-10+. The highest BCUT2D eigenvalue weighted by Gasteiger charge is 2.11. The lowest BCUT2D eigenvalue weighted by molar-refractivity contribution is 0.284. The van der Waals surface area contributed by atoms with Crippen molar-refractivity contribution >= 4 is 41.6 Å². The molecule has 2 aromatic carbocycles. The Labute approximate surface area is 184 Å². The van der Waals surface area contributed by atoms with Crippen LogP contribution in [0.5, 0.6) is 11.5 Å². The molecule has 0 bridgehead atoms. The van der Waals surface area contributed by atoms with Crippen LogP contribution in [0.1, 0.15) is 36.7 Å². The number of nitrogens with one attached hydrogen (secondary N) is 1. The van der Waals surface area contributed by atoms with Gasteiger partial charge in [0.25, 0.3) is 0 Å². The molecule has 0 aliphatic rings. The third-order valence-corrected chi connectivity index (χ3v) is 5.11. The highest BCUT2D eigenvalue weighted by atomic mass is 35.5. The fourth-order valence-corrected chi connectivity index (χ4v) is 3.31. The minimum atomic E-state index is 0.182. The fraction of sp³-hybridized carbons (Fsp3) is 0.250. The van der Waals surface area contributed by atoms with Crippen LogP contribution in [0.2, 0.25) is 10.0 Å². The van der Waals surface area contributed by atoms with Crippen LogP contribution in [-0.2, 0) is 6.61 Å². The summed E-state index contributed by atoms with van der Waals surface area (Å²) in [5, 5.41) is 12.5. The van der Waals surface area contributed by atoms with Gasteiger partial charge in [-0.2, -0.15) is 14.9 Å². The van der Waals surface area contributed by atoms with Crippen molar-refractivity contribution in [2.45, 2.75) is 26.4 Å². The van der Waals surface area contributed by atoms with Crippen LogP contribution >= 0.6 is 35.4 Å². The summed E-state index contributed by atoms with van der Waals surface area (Å²) in [5.41, 5.74) is 1.54. The zero-order valence-corrected chi connectivity index (χ0v) is 18.5. The van der Waals surface area contributed by atoms with Crippen molar-refractivity contribution in [3.8, 4) is 11.5 Å². The zero-order chi connectivity index (χ0) is 21.0. The van der Waals surface area contributed by atoms with E-state index in [0.29, 0.717) is 26.3 Å². The van der Waals surface area contributed by atoms with Gasteiger partial charge in [0.2, 0.25) is 4.77 Å². The third kappa shape index (κ3) is 4.98. The SMILES string of the molecule is COc1cc(/C=N/n2c(C(C)C)n[nH]c2=S)ccc1OCc1c(Cl)cccc1Cl. The van der Waals surface area contributed by atoms with E-state index in [1.807, 2.05) is 32.0 Å². The first-order chi connectivity index (χ1) is 13.9. The van der Waals surface area contributed by atoms with E-state index >= 15 is 0 Å². The van der Waals surface area contributed by atoms with Gasteiger partial charge >= 0.3 is 0 Å². The van der Waals surface area contributed by atoms with Crippen molar-refractivity contribution < 1.29 is 9.47 Å². The minimum Gasteiger partial charge on any atom is -0.493 e. The Morgan fingerprint density at radius 3 is 2.59 bits per heavy atom. The van der Waals surface area contributed by atoms with Crippen molar-refractivity contribution in [1.29, 1.82) is 0 Å². The molecule has 0 aliphatic carbocycles. The molecule has 1 heterocycles. The summed E-state index contributed by atoms with van der Waals surface area (Å²) in [4.78, 5) is 0. The predicted molar refractivity (Wildman–Crippen MR) is 118 cm³/mol. The van der Waals surface area contributed by atoms with Crippen LogP contribution in [0.15, 0.2) is 41.5 Å². The van der Waals surface area contributed by atoms with Crippen LogP contribution in [0, 0.1) is 4.77 Å². The monoisotopic (exact) mass is 450 g/mol. The van der Waals surface area contributed by atoms with Gasteiger partial charge in [0.1, 0.15) is 6.61 Å². The van der Waals surface area contributed by atoms with E-state index in [1.165, 1.54) is 0 Å². The lowest BCUT2D eigenvalue weighted by Gasteiger charge is -2.13. The molecule has 3 aromatic rings. The smallest absolute Gasteiger partial charge is 0.216 e. The number of nitrogens with zero attached hydrogens (tertiary/aromatic N) is 3. The second-order valence-corrected chi connectivity index (χ2v) is 7.70.